The van der Waals surface area contributed by atoms with Gasteiger partial charge in [0, 0.05) is 31.7 Å². The highest BCUT2D eigenvalue weighted by Crippen LogP contribution is 2.41. The van der Waals surface area contributed by atoms with Crippen LogP contribution in [0.5, 0.6) is 0 Å². The molecule has 0 unspecified atom stereocenters. The Labute approximate surface area is 131 Å². The van der Waals surface area contributed by atoms with Crippen LogP contribution in [0.4, 0.5) is 0 Å². The fourth-order valence-corrected chi connectivity index (χ4v) is 5.24. The van der Waals surface area contributed by atoms with E-state index in [0.717, 1.165) is 13.1 Å². The van der Waals surface area contributed by atoms with Gasteiger partial charge >= 0.3 is 0 Å². The van der Waals surface area contributed by atoms with Gasteiger partial charge in [-0.3, -0.25) is 4.90 Å². The van der Waals surface area contributed by atoms with Crippen molar-refractivity contribution in [2.45, 2.75) is 37.1 Å². The van der Waals surface area contributed by atoms with Crippen molar-refractivity contribution in [3.63, 3.8) is 0 Å². The van der Waals surface area contributed by atoms with E-state index in [0.29, 0.717) is 29.2 Å². The molecule has 21 heavy (non-hydrogen) atoms. The molecule has 3 rings (SSSR count). The van der Waals surface area contributed by atoms with Crippen LogP contribution in [0.25, 0.3) is 0 Å². The third-order valence-corrected chi connectivity index (χ3v) is 7.27. The molecule has 1 aromatic carbocycles. The summed E-state index contributed by atoms with van der Waals surface area (Å²) in [6.45, 7) is 6.75. The molecule has 0 bridgehead atoms. The lowest BCUT2D eigenvalue weighted by Gasteiger charge is -2.38. The van der Waals surface area contributed by atoms with Gasteiger partial charge in [-0.1, -0.05) is 23.7 Å². The molecule has 0 atom stereocenters. The highest BCUT2D eigenvalue weighted by Gasteiger charge is 2.45. The van der Waals surface area contributed by atoms with Gasteiger partial charge in [0.2, 0.25) is 10.0 Å². The van der Waals surface area contributed by atoms with Gasteiger partial charge in [-0.15, -0.1) is 0 Å². The first-order valence-corrected chi connectivity index (χ1v) is 9.17. The minimum atomic E-state index is -3.50. The van der Waals surface area contributed by atoms with Crippen LogP contribution in [-0.2, 0) is 10.0 Å². The Morgan fingerprint density at radius 3 is 2.29 bits per heavy atom. The highest BCUT2D eigenvalue weighted by atomic mass is 35.5. The number of piperazine rings is 1. The zero-order valence-corrected chi connectivity index (χ0v) is 14.0. The molecule has 2 aliphatic rings. The Morgan fingerprint density at radius 2 is 1.76 bits per heavy atom. The summed E-state index contributed by atoms with van der Waals surface area (Å²) in [5.41, 5.74) is 1.02. The van der Waals surface area contributed by atoms with Crippen LogP contribution < -0.4 is 0 Å². The molecular formula is C15H21ClN2O2S. The van der Waals surface area contributed by atoms with Gasteiger partial charge in [0.15, 0.2) is 0 Å². The number of benzene rings is 1. The van der Waals surface area contributed by atoms with Gasteiger partial charge in [0.05, 0.1) is 5.02 Å². The predicted molar refractivity (Wildman–Crippen MR) is 84.2 cm³/mol. The van der Waals surface area contributed by atoms with Crippen molar-refractivity contribution in [2.75, 3.05) is 26.2 Å². The molecular weight excluding hydrogens is 308 g/mol. The van der Waals surface area contributed by atoms with Crippen molar-refractivity contribution in [3.8, 4) is 0 Å². The number of halogens is 1. The maximum Gasteiger partial charge on any atom is 0.244 e. The third kappa shape index (κ3) is 2.72. The second-order valence-corrected chi connectivity index (χ2v) is 8.56. The van der Waals surface area contributed by atoms with E-state index >= 15 is 0 Å². The molecule has 1 aromatic rings. The topological polar surface area (TPSA) is 40.6 Å². The quantitative estimate of drug-likeness (QED) is 0.856. The number of sulfonamides is 1. The number of rotatable bonds is 3. The molecule has 0 N–H and O–H groups in total. The fraction of sp³-hybridized carbons (Fsp3) is 0.600. The van der Waals surface area contributed by atoms with Crippen LogP contribution >= 0.6 is 11.6 Å². The van der Waals surface area contributed by atoms with Crippen LogP contribution in [0.2, 0.25) is 5.02 Å². The monoisotopic (exact) mass is 328 g/mol. The zero-order chi connectivity index (χ0) is 15.3. The number of aryl methyl sites for hydroxylation is 1. The maximum atomic E-state index is 12.8. The van der Waals surface area contributed by atoms with Gasteiger partial charge in [0.25, 0.3) is 0 Å². The lowest BCUT2D eigenvalue weighted by Crippen LogP contribution is -2.52. The van der Waals surface area contributed by atoms with E-state index in [-0.39, 0.29) is 4.90 Å². The molecule has 1 aliphatic carbocycles. The van der Waals surface area contributed by atoms with Crippen LogP contribution in [0.3, 0.4) is 0 Å². The molecule has 2 fully saturated rings. The van der Waals surface area contributed by atoms with Crippen LogP contribution in [0.1, 0.15) is 25.3 Å². The standard InChI is InChI=1S/C15H21ClN2O2S/c1-12-4-3-5-13(16)14(12)21(19,20)18-10-8-17(9-11-18)15(2)6-7-15/h3-5H,6-11H2,1-2H3. The summed E-state index contributed by atoms with van der Waals surface area (Å²) in [6, 6.07) is 5.21. The zero-order valence-electron chi connectivity index (χ0n) is 12.5. The van der Waals surface area contributed by atoms with Crippen LogP contribution in [-0.4, -0.2) is 49.3 Å². The first-order valence-electron chi connectivity index (χ1n) is 7.35. The smallest absolute Gasteiger partial charge is 0.244 e. The maximum absolute atomic E-state index is 12.8. The summed E-state index contributed by atoms with van der Waals surface area (Å²) in [4.78, 5) is 2.68. The van der Waals surface area contributed by atoms with Crippen molar-refractivity contribution >= 4 is 21.6 Å². The molecule has 0 radical (unpaired) electrons. The van der Waals surface area contributed by atoms with Crippen molar-refractivity contribution in [3.05, 3.63) is 28.8 Å². The minimum Gasteiger partial charge on any atom is -0.295 e. The van der Waals surface area contributed by atoms with E-state index in [4.69, 9.17) is 11.6 Å². The van der Waals surface area contributed by atoms with Gasteiger partial charge in [0.1, 0.15) is 4.90 Å². The highest BCUT2D eigenvalue weighted by molar-refractivity contribution is 7.89. The molecule has 1 heterocycles. The normalized spacial score (nSPS) is 23.2. The Balaban J connectivity index is 1.81. The number of hydrogen-bond acceptors (Lipinski definition) is 3. The van der Waals surface area contributed by atoms with E-state index in [2.05, 4.69) is 11.8 Å². The molecule has 1 saturated carbocycles. The lowest BCUT2D eigenvalue weighted by atomic mass is 10.2. The molecule has 0 spiro atoms. The lowest BCUT2D eigenvalue weighted by molar-refractivity contribution is 0.132. The Kier molecular flexibility index (Phi) is 3.81. The Bertz CT molecular complexity index is 627. The van der Waals surface area contributed by atoms with Crippen molar-refractivity contribution in [1.82, 2.24) is 9.21 Å². The largest absolute Gasteiger partial charge is 0.295 e. The fourth-order valence-electron chi connectivity index (χ4n) is 3.04. The SMILES string of the molecule is Cc1cccc(Cl)c1S(=O)(=O)N1CCN(C2(C)CC2)CC1. The van der Waals surface area contributed by atoms with Crippen LogP contribution in [0.15, 0.2) is 23.1 Å². The third-order valence-electron chi connectivity index (χ3n) is 4.74. The Hall–Kier alpha value is -0.620. The predicted octanol–water partition coefficient (Wildman–Crippen LogP) is 2.51. The summed E-state index contributed by atoms with van der Waals surface area (Å²) in [7, 11) is -3.50. The average molecular weight is 329 g/mol. The number of hydrogen-bond donors (Lipinski definition) is 0. The first-order chi connectivity index (χ1) is 9.84. The molecule has 1 saturated heterocycles. The summed E-state index contributed by atoms with van der Waals surface area (Å²) in [6.07, 6.45) is 2.45. The van der Waals surface area contributed by atoms with Gasteiger partial charge in [-0.2, -0.15) is 4.31 Å². The van der Waals surface area contributed by atoms with Crippen molar-refractivity contribution in [1.29, 1.82) is 0 Å². The van der Waals surface area contributed by atoms with Gasteiger partial charge in [-0.25, -0.2) is 8.42 Å². The molecule has 116 valence electrons. The van der Waals surface area contributed by atoms with E-state index in [9.17, 15) is 8.42 Å². The van der Waals surface area contributed by atoms with Crippen molar-refractivity contribution < 1.29 is 8.42 Å². The first kappa shape index (κ1) is 15.3. The molecule has 4 nitrogen and oxygen atoms in total. The molecule has 0 aromatic heterocycles. The molecule has 6 heteroatoms. The van der Waals surface area contributed by atoms with E-state index in [1.807, 2.05) is 0 Å². The van der Waals surface area contributed by atoms with Crippen LogP contribution in [0, 0.1) is 6.92 Å². The van der Waals surface area contributed by atoms with Crippen molar-refractivity contribution in [2.24, 2.45) is 0 Å². The summed E-state index contributed by atoms with van der Waals surface area (Å²) >= 11 is 6.13. The van der Waals surface area contributed by atoms with E-state index in [1.54, 1.807) is 29.4 Å². The Morgan fingerprint density at radius 1 is 1.14 bits per heavy atom. The van der Waals surface area contributed by atoms with Gasteiger partial charge < -0.3 is 0 Å². The van der Waals surface area contributed by atoms with Gasteiger partial charge in [-0.05, 0) is 38.3 Å². The number of nitrogens with zero attached hydrogens (tertiary/aromatic N) is 2. The molecule has 0 amide bonds. The summed E-state index contributed by atoms with van der Waals surface area (Å²) < 4.78 is 27.2. The van der Waals surface area contributed by atoms with E-state index < -0.39 is 10.0 Å². The second-order valence-electron chi connectivity index (χ2n) is 6.27. The summed E-state index contributed by atoms with van der Waals surface area (Å²) in [5.74, 6) is 0. The molecule has 1 aliphatic heterocycles. The van der Waals surface area contributed by atoms with E-state index in [1.165, 1.54) is 12.8 Å². The average Bonchev–Trinajstić information content (AvgIpc) is 3.18. The minimum absolute atomic E-state index is 0.262. The summed E-state index contributed by atoms with van der Waals surface area (Å²) in [5, 5.41) is 0.312. The second kappa shape index (κ2) is 5.23.